The van der Waals surface area contributed by atoms with Gasteiger partial charge in [-0.1, -0.05) is 32.9 Å². The van der Waals surface area contributed by atoms with Crippen molar-refractivity contribution in [3.63, 3.8) is 0 Å². The summed E-state index contributed by atoms with van der Waals surface area (Å²) in [5.41, 5.74) is 2.68. The van der Waals surface area contributed by atoms with Gasteiger partial charge in [0.05, 0.1) is 0 Å². The fourth-order valence-corrected chi connectivity index (χ4v) is 1.91. The van der Waals surface area contributed by atoms with Gasteiger partial charge in [-0.15, -0.1) is 0 Å². The first-order valence-corrected chi connectivity index (χ1v) is 6.11. The Morgan fingerprint density at radius 1 is 1.35 bits per heavy atom. The maximum Gasteiger partial charge on any atom is 0.221 e. The summed E-state index contributed by atoms with van der Waals surface area (Å²) in [5, 5.41) is 9.72. The van der Waals surface area contributed by atoms with E-state index in [9.17, 15) is 9.90 Å². The molecule has 1 rings (SSSR count). The Hall–Kier alpha value is -1.02. The number of phenolic OH excluding ortho intramolecular Hbond substituents is 1. The van der Waals surface area contributed by atoms with Crippen molar-refractivity contribution in [2.75, 3.05) is 0 Å². The lowest BCUT2D eigenvalue weighted by atomic mass is 9.84. The second kappa shape index (κ2) is 5.09. The molecule has 0 saturated carbocycles. The molecule has 94 valence electrons. The fourth-order valence-electron chi connectivity index (χ4n) is 1.81. The number of aromatic hydroxyl groups is 1. The summed E-state index contributed by atoms with van der Waals surface area (Å²) < 4.78 is 0. The molecule has 17 heavy (non-hydrogen) atoms. The second-order valence-electron chi connectivity index (χ2n) is 5.41. The normalized spacial score (nSPS) is 11.6. The molecule has 3 heteroatoms. The predicted molar refractivity (Wildman–Crippen MR) is 70.7 cm³/mol. The molecule has 1 aromatic carbocycles. The van der Waals surface area contributed by atoms with Crippen molar-refractivity contribution in [2.24, 2.45) is 0 Å². The summed E-state index contributed by atoms with van der Waals surface area (Å²) in [6, 6.07) is 3.87. The third-order valence-corrected chi connectivity index (χ3v) is 2.97. The molecule has 0 aliphatic heterocycles. The smallest absolute Gasteiger partial charge is 0.221 e. The van der Waals surface area contributed by atoms with Crippen LogP contribution in [0.25, 0.3) is 0 Å². The molecule has 0 aliphatic rings. The Labute approximate surface area is 108 Å². The summed E-state index contributed by atoms with van der Waals surface area (Å²) in [6.07, 6.45) is 0.946. The first kappa shape index (κ1) is 14.0. The minimum Gasteiger partial charge on any atom is -0.507 e. The first-order chi connectivity index (χ1) is 7.71. The molecule has 0 spiro atoms. The first-order valence-electron chi connectivity index (χ1n) is 5.73. The zero-order valence-electron chi connectivity index (χ0n) is 10.8. The Morgan fingerprint density at radius 2 is 1.94 bits per heavy atom. The number of carbonyl (C=O) groups excluding carboxylic acids is 1. The van der Waals surface area contributed by atoms with E-state index in [-0.39, 0.29) is 10.7 Å². The van der Waals surface area contributed by atoms with Gasteiger partial charge in [0, 0.05) is 6.42 Å². The van der Waals surface area contributed by atoms with E-state index in [1.807, 2.05) is 19.1 Å². The summed E-state index contributed by atoms with van der Waals surface area (Å²) >= 11 is 5.34. The average molecular weight is 255 g/mol. The predicted octanol–water partition coefficient (Wildman–Crippen LogP) is 3.70. The minimum atomic E-state index is -0.326. The van der Waals surface area contributed by atoms with Crippen LogP contribution in [0, 0.1) is 6.92 Å². The van der Waals surface area contributed by atoms with Gasteiger partial charge in [0.15, 0.2) is 0 Å². The van der Waals surface area contributed by atoms with Gasteiger partial charge in [0.1, 0.15) is 5.75 Å². The van der Waals surface area contributed by atoms with Gasteiger partial charge < -0.3 is 5.11 Å². The van der Waals surface area contributed by atoms with Gasteiger partial charge in [0.25, 0.3) is 0 Å². The lowest BCUT2D eigenvalue weighted by molar-refractivity contribution is -0.111. The van der Waals surface area contributed by atoms with E-state index in [0.717, 1.165) is 16.7 Å². The van der Waals surface area contributed by atoms with Crippen LogP contribution in [0.15, 0.2) is 12.1 Å². The average Bonchev–Trinajstić information content (AvgIpc) is 2.17. The number of aryl methyl sites for hydroxylation is 2. The molecule has 0 bridgehead atoms. The van der Waals surface area contributed by atoms with Gasteiger partial charge in [-0.3, -0.25) is 4.79 Å². The highest BCUT2D eigenvalue weighted by atomic mass is 35.5. The number of hydrogen-bond donors (Lipinski definition) is 1. The highest BCUT2D eigenvalue weighted by Crippen LogP contribution is 2.34. The van der Waals surface area contributed by atoms with Crippen LogP contribution in [0.3, 0.4) is 0 Å². The van der Waals surface area contributed by atoms with E-state index in [1.165, 1.54) is 0 Å². The molecule has 0 aromatic heterocycles. The van der Waals surface area contributed by atoms with Gasteiger partial charge in [-0.2, -0.15) is 0 Å². The van der Waals surface area contributed by atoms with Crippen LogP contribution >= 0.6 is 11.6 Å². The molecular weight excluding hydrogens is 236 g/mol. The summed E-state index contributed by atoms with van der Waals surface area (Å²) in [5.74, 6) is 0.346. The number of carbonyl (C=O) groups is 1. The van der Waals surface area contributed by atoms with Crippen LogP contribution in [0.2, 0.25) is 0 Å². The molecule has 0 atom stereocenters. The van der Waals surface area contributed by atoms with E-state index < -0.39 is 0 Å². The van der Waals surface area contributed by atoms with Crippen molar-refractivity contribution in [2.45, 2.75) is 46.0 Å². The topological polar surface area (TPSA) is 37.3 Å². The second-order valence-corrected chi connectivity index (χ2v) is 5.84. The molecule has 0 unspecified atom stereocenters. The van der Waals surface area contributed by atoms with E-state index in [1.54, 1.807) is 0 Å². The quantitative estimate of drug-likeness (QED) is 0.836. The molecule has 0 aliphatic carbocycles. The number of rotatable bonds is 3. The van der Waals surface area contributed by atoms with Crippen LogP contribution in [-0.4, -0.2) is 10.3 Å². The van der Waals surface area contributed by atoms with Crippen molar-refractivity contribution < 1.29 is 9.90 Å². The minimum absolute atomic E-state index is 0.115. The molecule has 2 nitrogen and oxygen atoms in total. The van der Waals surface area contributed by atoms with Crippen LogP contribution in [0.1, 0.15) is 43.9 Å². The number of benzene rings is 1. The van der Waals surface area contributed by atoms with E-state index in [0.29, 0.717) is 18.6 Å². The highest BCUT2D eigenvalue weighted by Gasteiger charge is 2.20. The Balaban J connectivity index is 3.11. The largest absolute Gasteiger partial charge is 0.507 e. The molecule has 1 N–H and O–H groups in total. The van der Waals surface area contributed by atoms with Gasteiger partial charge in [0.2, 0.25) is 5.24 Å². The van der Waals surface area contributed by atoms with Crippen molar-refractivity contribution in [1.82, 2.24) is 0 Å². The van der Waals surface area contributed by atoms with Crippen LogP contribution in [0.5, 0.6) is 5.75 Å². The summed E-state index contributed by atoms with van der Waals surface area (Å²) in [7, 11) is 0. The Kier molecular flexibility index (Phi) is 4.21. The Bertz CT molecular complexity index is 431. The van der Waals surface area contributed by atoms with Gasteiger partial charge in [-0.05, 0) is 47.1 Å². The number of phenols is 1. The monoisotopic (exact) mass is 254 g/mol. The zero-order chi connectivity index (χ0) is 13.2. The number of halogens is 1. The maximum absolute atomic E-state index is 10.8. The summed E-state index contributed by atoms with van der Waals surface area (Å²) in [4.78, 5) is 10.8. The molecule has 0 heterocycles. The lowest BCUT2D eigenvalue weighted by Gasteiger charge is -2.22. The maximum atomic E-state index is 10.8. The van der Waals surface area contributed by atoms with Crippen molar-refractivity contribution in [3.8, 4) is 5.75 Å². The molecular formula is C14H19ClO2. The van der Waals surface area contributed by atoms with Gasteiger partial charge in [-0.25, -0.2) is 0 Å². The van der Waals surface area contributed by atoms with Gasteiger partial charge >= 0.3 is 0 Å². The van der Waals surface area contributed by atoms with Crippen molar-refractivity contribution in [1.29, 1.82) is 0 Å². The van der Waals surface area contributed by atoms with Crippen LogP contribution in [-0.2, 0) is 16.6 Å². The summed E-state index contributed by atoms with van der Waals surface area (Å²) in [6.45, 7) is 8.03. The standard InChI is InChI=1S/C14H19ClO2/c1-9-7-10(5-6-12(15)16)8-11(13(9)17)14(2,3)4/h7-8,17H,5-6H2,1-4H3. The number of hydrogen-bond acceptors (Lipinski definition) is 2. The highest BCUT2D eigenvalue weighted by molar-refractivity contribution is 6.63. The third-order valence-electron chi connectivity index (χ3n) is 2.78. The third kappa shape index (κ3) is 3.74. The van der Waals surface area contributed by atoms with Crippen LogP contribution in [0.4, 0.5) is 0 Å². The lowest BCUT2D eigenvalue weighted by Crippen LogP contribution is -2.12. The van der Waals surface area contributed by atoms with E-state index in [2.05, 4.69) is 20.8 Å². The molecule has 0 saturated heterocycles. The SMILES string of the molecule is Cc1cc(CCC(=O)Cl)cc(C(C)(C)C)c1O. The van der Waals surface area contributed by atoms with Crippen molar-refractivity contribution >= 4 is 16.8 Å². The molecule has 0 radical (unpaired) electrons. The molecule has 1 aromatic rings. The zero-order valence-corrected chi connectivity index (χ0v) is 11.6. The van der Waals surface area contributed by atoms with Crippen LogP contribution < -0.4 is 0 Å². The van der Waals surface area contributed by atoms with E-state index in [4.69, 9.17) is 11.6 Å². The molecule has 0 fully saturated rings. The Morgan fingerprint density at radius 3 is 2.41 bits per heavy atom. The van der Waals surface area contributed by atoms with Crippen molar-refractivity contribution in [3.05, 3.63) is 28.8 Å². The molecule has 0 amide bonds. The fraction of sp³-hybridized carbons (Fsp3) is 0.500. The van der Waals surface area contributed by atoms with E-state index >= 15 is 0 Å².